The van der Waals surface area contributed by atoms with Crippen molar-refractivity contribution in [3.63, 3.8) is 0 Å². The minimum Gasteiger partial charge on any atom is -0.381 e. The summed E-state index contributed by atoms with van der Waals surface area (Å²) < 4.78 is 2.28. The summed E-state index contributed by atoms with van der Waals surface area (Å²) in [6, 6.07) is 6.95. The highest BCUT2D eigenvalue weighted by atomic mass is 79.9. The van der Waals surface area contributed by atoms with Crippen LogP contribution < -0.4 is 5.32 Å². The summed E-state index contributed by atoms with van der Waals surface area (Å²) in [5.74, 6) is 1.74. The third kappa shape index (κ3) is 4.49. The molecule has 1 N–H and O–H groups in total. The van der Waals surface area contributed by atoms with E-state index in [1.807, 2.05) is 0 Å². The molecule has 1 aromatic rings. The van der Waals surface area contributed by atoms with Gasteiger partial charge in [0.1, 0.15) is 0 Å². The molecule has 19 heavy (non-hydrogen) atoms. The van der Waals surface area contributed by atoms with Crippen LogP contribution >= 0.6 is 31.9 Å². The zero-order valence-corrected chi connectivity index (χ0v) is 14.9. The summed E-state index contributed by atoms with van der Waals surface area (Å²) in [6.07, 6.45) is 6.70. The Bertz CT molecular complexity index is 417. The van der Waals surface area contributed by atoms with Crippen LogP contribution in [-0.4, -0.2) is 6.04 Å². The lowest BCUT2D eigenvalue weighted by Crippen LogP contribution is -2.19. The molecular formula is C16H23Br2N. The number of halogens is 2. The Morgan fingerprint density at radius 1 is 1.11 bits per heavy atom. The van der Waals surface area contributed by atoms with E-state index in [0.29, 0.717) is 6.04 Å². The van der Waals surface area contributed by atoms with Gasteiger partial charge >= 0.3 is 0 Å². The van der Waals surface area contributed by atoms with Crippen LogP contribution in [0.1, 0.15) is 46.0 Å². The Morgan fingerprint density at radius 3 is 2.63 bits per heavy atom. The average molecular weight is 389 g/mol. The van der Waals surface area contributed by atoms with Gasteiger partial charge in [0, 0.05) is 20.7 Å². The Labute approximate surface area is 133 Å². The Hall–Kier alpha value is -0.0200. The van der Waals surface area contributed by atoms with Gasteiger partial charge in [0.2, 0.25) is 0 Å². The maximum absolute atomic E-state index is 3.71. The second kappa shape index (κ2) is 7.12. The molecule has 1 saturated carbocycles. The quantitative estimate of drug-likeness (QED) is 0.605. The first-order valence-electron chi connectivity index (χ1n) is 7.28. The van der Waals surface area contributed by atoms with Gasteiger partial charge in [0.25, 0.3) is 0 Å². The molecule has 1 nitrogen and oxygen atoms in total. The van der Waals surface area contributed by atoms with Gasteiger partial charge in [-0.05, 0) is 65.2 Å². The minimum absolute atomic E-state index is 0.620. The first-order valence-corrected chi connectivity index (χ1v) is 8.86. The molecule has 1 aliphatic carbocycles. The maximum Gasteiger partial charge on any atom is 0.0498 e. The van der Waals surface area contributed by atoms with Gasteiger partial charge in [0.15, 0.2) is 0 Å². The van der Waals surface area contributed by atoms with Gasteiger partial charge in [-0.25, -0.2) is 0 Å². The van der Waals surface area contributed by atoms with Crippen molar-refractivity contribution in [2.24, 2.45) is 11.8 Å². The first-order chi connectivity index (χ1) is 9.06. The van der Waals surface area contributed by atoms with Gasteiger partial charge in [-0.15, -0.1) is 0 Å². The van der Waals surface area contributed by atoms with Crippen molar-refractivity contribution in [1.29, 1.82) is 0 Å². The van der Waals surface area contributed by atoms with Crippen LogP contribution in [0.5, 0.6) is 0 Å². The lowest BCUT2D eigenvalue weighted by molar-refractivity contribution is 0.341. The lowest BCUT2D eigenvalue weighted by Gasteiger charge is -2.20. The van der Waals surface area contributed by atoms with E-state index in [1.54, 1.807) is 0 Å². The van der Waals surface area contributed by atoms with Crippen molar-refractivity contribution in [2.45, 2.75) is 52.0 Å². The molecule has 0 heterocycles. The number of hydrogen-bond donors (Lipinski definition) is 1. The van der Waals surface area contributed by atoms with E-state index >= 15 is 0 Å². The Morgan fingerprint density at radius 2 is 1.89 bits per heavy atom. The van der Waals surface area contributed by atoms with Crippen molar-refractivity contribution < 1.29 is 0 Å². The van der Waals surface area contributed by atoms with Crippen molar-refractivity contribution in [1.82, 2.24) is 0 Å². The van der Waals surface area contributed by atoms with Gasteiger partial charge < -0.3 is 5.32 Å². The monoisotopic (exact) mass is 387 g/mol. The molecule has 2 atom stereocenters. The number of hydrogen-bond acceptors (Lipinski definition) is 1. The summed E-state index contributed by atoms with van der Waals surface area (Å²) in [6.45, 7) is 4.73. The predicted molar refractivity (Wildman–Crippen MR) is 90.7 cm³/mol. The number of anilines is 1. The van der Waals surface area contributed by atoms with E-state index in [9.17, 15) is 0 Å². The van der Waals surface area contributed by atoms with Crippen LogP contribution in [0.25, 0.3) is 0 Å². The fourth-order valence-corrected chi connectivity index (χ4v) is 3.69. The summed E-state index contributed by atoms with van der Waals surface area (Å²) in [5, 5.41) is 3.71. The second-order valence-electron chi connectivity index (χ2n) is 5.98. The summed E-state index contributed by atoms with van der Waals surface area (Å²) >= 11 is 7.17. The highest BCUT2D eigenvalue weighted by Gasteiger charge is 2.21. The zero-order valence-electron chi connectivity index (χ0n) is 11.8. The van der Waals surface area contributed by atoms with Crippen LogP contribution in [-0.2, 0) is 0 Å². The molecule has 1 aliphatic rings. The molecule has 2 unspecified atom stereocenters. The normalized spacial score (nSPS) is 24.3. The van der Waals surface area contributed by atoms with E-state index in [-0.39, 0.29) is 0 Å². The van der Waals surface area contributed by atoms with Crippen molar-refractivity contribution >= 4 is 37.5 Å². The van der Waals surface area contributed by atoms with E-state index in [1.165, 1.54) is 37.8 Å². The topological polar surface area (TPSA) is 12.0 Å². The van der Waals surface area contributed by atoms with Gasteiger partial charge in [-0.3, -0.25) is 0 Å². The SMILES string of the molecule is CC(C)C1CCCC(Nc2cc(Br)ccc2Br)CC1. The molecule has 0 aliphatic heterocycles. The smallest absolute Gasteiger partial charge is 0.0498 e. The fourth-order valence-electron chi connectivity index (χ4n) is 2.97. The largest absolute Gasteiger partial charge is 0.381 e. The van der Waals surface area contributed by atoms with E-state index in [4.69, 9.17) is 0 Å². The molecule has 0 amide bonds. The Balaban J connectivity index is 1.98. The second-order valence-corrected chi connectivity index (χ2v) is 7.75. The molecule has 2 rings (SSSR count). The molecule has 0 aromatic heterocycles. The average Bonchev–Trinajstić information content (AvgIpc) is 2.59. The zero-order chi connectivity index (χ0) is 13.8. The van der Waals surface area contributed by atoms with Crippen molar-refractivity contribution in [3.8, 4) is 0 Å². The predicted octanol–water partition coefficient (Wildman–Crippen LogP) is 6.23. The third-order valence-electron chi connectivity index (χ3n) is 4.24. The summed E-state index contributed by atoms with van der Waals surface area (Å²) in [5.41, 5.74) is 1.21. The number of nitrogens with one attached hydrogen (secondary N) is 1. The maximum atomic E-state index is 3.71. The van der Waals surface area contributed by atoms with Crippen LogP contribution in [0.3, 0.4) is 0 Å². The summed E-state index contributed by atoms with van der Waals surface area (Å²) in [7, 11) is 0. The van der Waals surface area contributed by atoms with Gasteiger partial charge in [0.05, 0.1) is 0 Å². The highest BCUT2D eigenvalue weighted by Crippen LogP contribution is 2.32. The number of benzene rings is 1. The van der Waals surface area contributed by atoms with Gasteiger partial charge in [-0.1, -0.05) is 42.6 Å². The first kappa shape index (κ1) is 15.4. The van der Waals surface area contributed by atoms with Crippen LogP contribution in [0.4, 0.5) is 5.69 Å². The van der Waals surface area contributed by atoms with E-state index in [2.05, 4.69) is 69.2 Å². The van der Waals surface area contributed by atoms with Crippen LogP contribution in [0, 0.1) is 11.8 Å². The fraction of sp³-hybridized carbons (Fsp3) is 0.625. The van der Waals surface area contributed by atoms with Gasteiger partial charge in [-0.2, -0.15) is 0 Å². The molecular weight excluding hydrogens is 366 g/mol. The van der Waals surface area contributed by atoms with E-state index < -0.39 is 0 Å². The minimum atomic E-state index is 0.620. The molecule has 0 spiro atoms. The molecule has 0 saturated heterocycles. The molecule has 0 bridgehead atoms. The van der Waals surface area contributed by atoms with Crippen molar-refractivity contribution in [3.05, 3.63) is 27.1 Å². The van der Waals surface area contributed by atoms with Crippen LogP contribution in [0.15, 0.2) is 27.1 Å². The van der Waals surface area contributed by atoms with Crippen LogP contribution in [0.2, 0.25) is 0 Å². The molecule has 0 radical (unpaired) electrons. The van der Waals surface area contributed by atoms with E-state index in [0.717, 1.165) is 20.8 Å². The molecule has 3 heteroatoms. The lowest BCUT2D eigenvalue weighted by atomic mass is 9.89. The standard InChI is InChI=1S/C16H23Br2N/c1-11(2)12-4-3-5-14(8-6-12)19-16-10-13(17)7-9-15(16)18/h7,9-12,14,19H,3-6,8H2,1-2H3. The number of rotatable bonds is 3. The summed E-state index contributed by atoms with van der Waals surface area (Å²) in [4.78, 5) is 0. The molecule has 1 fully saturated rings. The third-order valence-corrected chi connectivity index (χ3v) is 5.43. The Kier molecular flexibility index (Phi) is 5.76. The molecule has 1 aromatic carbocycles. The molecule has 106 valence electrons. The highest BCUT2D eigenvalue weighted by molar-refractivity contribution is 9.11. The van der Waals surface area contributed by atoms with Crippen molar-refractivity contribution in [2.75, 3.05) is 5.32 Å².